The number of halogens is 1. The molecule has 1 aliphatic heterocycles. The maximum absolute atomic E-state index is 6.20. The van der Waals surface area contributed by atoms with Crippen molar-refractivity contribution in [3.8, 4) is 0 Å². The van der Waals surface area contributed by atoms with E-state index in [1.807, 2.05) is 11.8 Å². The van der Waals surface area contributed by atoms with E-state index in [2.05, 4.69) is 52.0 Å². The second-order valence-corrected chi connectivity index (χ2v) is 6.55. The van der Waals surface area contributed by atoms with E-state index in [0.717, 1.165) is 13.1 Å². The number of nitrogens with two attached hydrogens (primary N) is 1. The fraction of sp³-hybridized carbons (Fsp3) is 0.538. The minimum atomic E-state index is 0.150. The van der Waals surface area contributed by atoms with E-state index in [1.54, 1.807) is 0 Å². The van der Waals surface area contributed by atoms with Crippen LogP contribution in [0.5, 0.6) is 0 Å². The van der Waals surface area contributed by atoms with E-state index in [9.17, 15) is 0 Å². The van der Waals surface area contributed by atoms with E-state index < -0.39 is 0 Å². The summed E-state index contributed by atoms with van der Waals surface area (Å²) in [6.07, 6.45) is 0. The summed E-state index contributed by atoms with van der Waals surface area (Å²) in [5.74, 6) is 2.43. The lowest BCUT2D eigenvalue weighted by molar-refractivity contribution is 0.194. The molecule has 2 atom stereocenters. The number of thioether (sulfide) groups is 1. The van der Waals surface area contributed by atoms with Gasteiger partial charge in [0.15, 0.2) is 0 Å². The first-order valence-electron chi connectivity index (χ1n) is 6.02. The van der Waals surface area contributed by atoms with Crippen LogP contribution in [0, 0.1) is 0 Å². The number of benzene rings is 1. The van der Waals surface area contributed by atoms with Crippen molar-refractivity contribution in [2.75, 3.05) is 24.6 Å². The summed E-state index contributed by atoms with van der Waals surface area (Å²) in [6, 6.07) is 8.90. The summed E-state index contributed by atoms with van der Waals surface area (Å²) in [5, 5.41) is 0. The van der Waals surface area contributed by atoms with Gasteiger partial charge in [0.2, 0.25) is 0 Å². The van der Waals surface area contributed by atoms with Crippen molar-refractivity contribution in [3.05, 3.63) is 34.3 Å². The van der Waals surface area contributed by atoms with Gasteiger partial charge in [-0.25, -0.2) is 0 Å². The molecule has 1 aromatic rings. The van der Waals surface area contributed by atoms with Crippen LogP contribution in [-0.4, -0.2) is 35.5 Å². The normalized spacial score (nSPS) is 21.1. The molecule has 0 aromatic heterocycles. The minimum Gasteiger partial charge on any atom is -0.326 e. The molecular formula is C13H19BrN2S. The number of hydrogen-bond acceptors (Lipinski definition) is 3. The third-order valence-corrected chi connectivity index (χ3v) is 4.83. The van der Waals surface area contributed by atoms with Gasteiger partial charge in [0.1, 0.15) is 0 Å². The van der Waals surface area contributed by atoms with Crippen molar-refractivity contribution >= 4 is 27.7 Å². The highest BCUT2D eigenvalue weighted by molar-refractivity contribution is 9.10. The Labute approximate surface area is 116 Å². The summed E-state index contributed by atoms with van der Waals surface area (Å²) in [5.41, 5.74) is 7.51. The van der Waals surface area contributed by atoms with Crippen molar-refractivity contribution in [1.29, 1.82) is 0 Å². The molecule has 4 heteroatoms. The maximum atomic E-state index is 6.20. The molecule has 2 rings (SSSR count). The topological polar surface area (TPSA) is 29.3 Å². The highest BCUT2D eigenvalue weighted by Gasteiger charge is 2.26. The van der Waals surface area contributed by atoms with Crippen LogP contribution in [0.3, 0.4) is 0 Å². The highest BCUT2D eigenvalue weighted by Crippen LogP contribution is 2.31. The molecular weight excluding hydrogens is 296 g/mol. The van der Waals surface area contributed by atoms with Crippen LogP contribution in [0.4, 0.5) is 0 Å². The Kier molecular flexibility index (Phi) is 4.91. The molecule has 0 spiro atoms. The van der Waals surface area contributed by atoms with Crippen LogP contribution in [-0.2, 0) is 0 Å². The van der Waals surface area contributed by atoms with Gasteiger partial charge >= 0.3 is 0 Å². The lowest BCUT2D eigenvalue weighted by Crippen LogP contribution is -2.43. The van der Waals surface area contributed by atoms with Gasteiger partial charge in [0.25, 0.3) is 0 Å². The molecule has 0 radical (unpaired) electrons. The molecule has 2 unspecified atom stereocenters. The highest BCUT2D eigenvalue weighted by atomic mass is 79.9. The van der Waals surface area contributed by atoms with Crippen molar-refractivity contribution < 1.29 is 0 Å². The molecule has 0 aliphatic carbocycles. The molecule has 0 bridgehead atoms. The molecule has 1 fully saturated rings. The van der Waals surface area contributed by atoms with Gasteiger partial charge in [-0.3, -0.25) is 4.90 Å². The van der Waals surface area contributed by atoms with Crippen molar-refractivity contribution in [2.24, 2.45) is 5.73 Å². The summed E-state index contributed by atoms with van der Waals surface area (Å²) in [4.78, 5) is 2.52. The predicted octanol–water partition coefficient (Wildman–Crippen LogP) is 2.89. The largest absolute Gasteiger partial charge is 0.326 e. The third-order valence-electron chi connectivity index (χ3n) is 3.16. The van der Waals surface area contributed by atoms with Gasteiger partial charge in [-0.15, -0.1) is 0 Å². The monoisotopic (exact) mass is 314 g/mol. The van der Waals surface area contributed by atoms with E-state index >= 15 is 0 Å². The molecule has 94 valence electrons. The Hall–Kier alpha value is -0.0300. The molecule has 0 saturated carbocycles. The average molecular weight is 315 g/mol. The molecule has 1 heterocycles. The van der Waals surface area contributed by atoms with Crippen LogP contribution in [0.15, 0.2) is 28.7 Å². The van der Waals surface area contributed by atoms with Crippen LogP contribution in [0.25, 0.3) is 0 Å². The summed E-state index contributed by atoms with van der Waals surface area (Å²) < 4.78 is 1.17. The van der Waals surface area contributed by atoms with E-state index in [1.165, 1.54) is 21.5 Å². The zero-order chi connectivity index (χ0) is 12.3. The van der Waals surface area contributed by atoms with Crippen LogP contribution >= 0.6 is 27.7 Å². The molecule has 2 nitrogen and oxygen atoms in total. The SMILES string of the molecule is CC(N)C(c1ccccc1Br)N1CCSCC1. The van der Waals surface area contributed by atoms with Gasteiger partial charge < -0.3 is 5.73 Å². The first-order chi connectivity index (χ1) is 8.20. The third kappa shape index (κ3) is 3.25. The van der Waals surface area contributed by atoms with Gasteiger partial charge in [0, 0.05) is 35.1 Å². The Morgan fingerprint density at radius 1 is 1.29 bits per heavy atom. The molecule has 1 aliphatic rings. The van der Waals surface area contributed by atoms with E-state index in [4.69, 9.17) is 5.73 Å². The molecule has 2 N–H and O–H groups in total. The van der Waals surface area contributed by atoms with Gasteiger partial charge in [0.05, 0.1) is 6.04 Å². The first-order valence-corrected chi connectivity index (χ1v) is 7.96. The smallest absolute Gasteiger partial charge is 0.0508 e. The summed E-state index contributed by atoms with van der Waals surface area (Å²) in [7, 11) is 0. The second-order valence-electron chi connectivity index (χ2n) is 4.47. The zero-order valence-corrected chi connectivity index (χ0v) is 12.5. The maximum Gasteiger partial charge on any atom is 0.0508 e. The summed E-state index contributed by atoms with van der Waals surface area (Å²) in [6.45, 7) is 4.38. The standard InChI is InChI=1S/C13H19BrN2S/c1-10(15)13(16-6-8-17-9-7-16)11-4-2-3-5-12(11)14/h2-5,10,13H,6-9,15H2,1H3. The van der Waals surface area contributed by atoms with E-state index in [0.29, 0.717) is 6.04 Å². The Balaban J connectivity index is 2.25. The lowest BCUT2D eigenvalue weighted by Gasteiger charge is -2.37. The zero-order valence-electron chi connectivity index (χ0n) is 10.1. The predicted molar refractivity (Wildman–Crippen MR) is 79.4 cm³/mol. The molecule has 0 amide bonds. The number of hydrogen-bond donors (Lipinski definition) is 1. The quantitative estimate of drug-likeness (QED) is 0.930. The Morgan fingerprint density at radius 3 is 2.53 bits per heavy atom. The van der Waals surface area contributed by atoms with Gasteiger partial charge in [-0.2, -0.15) is 11.8 Å². The molecule has 17 heavy (non-hydrogen) atoms. The van der Waals surface area contributed by atoms with Crippen LogP contribution < -0.4 is 5.73 Å². The second kappa shape index (κ2) is 6.23. The Morgan fingerprint density at radius 2 is 1.94 bits per heavy atom. The fourth-order valence-electron chi connectivity index (χ4n) is 2.38. The van der Waals surface area contributed by atoms with Crippen molar-refractivity contribution in [2.45, 2.75) is 19.0 Å². The molecule has 1 saturated heterocycles. The van der Waals surface area contributed by atoms with Gasteiger partial charge in [-0.1, -0.05) is 34.1 Å². The number of nitrogens with zero attached hydrogens (tertiary/aromatic N) is 1. The number of rotatable bonds is 3. The van der Waals surface area contributed by atoms with Gasteiger partial charge in [-0.05, 0) is 18.6 Å². The molecule has 1 aromatic carbocycles. The van der Waals surface area contributed by atoms with Crippen molar-refractivity contribution in [1.82, 2.24) is 4.90 Å². The Bertz CT molecular complexity index is 364. The van der Waals surface area contributed by atoms with E-state index in [-0.39, 0.29) is 6.04 Å². The summed E-state index contributed by atoms with van der Waals surface area (Å²) >= 11 is 5.68. The van der Waals surface area contributed by atoms with Crippen LogP contribution in [0.1, 0.15) is 18.5 Å². The van der Waals surface area contributed by atoms with Crippen LogP contribution in [0.2, 0.25) is 0 Å². The average Bonchev–Trinajstić information content (AvgIpc) is 2.33. The van der Waals surface area contributed by atoms with Crippen molar-refractivity contribution in [3.63, 3.8) is 0 Å². The first kappa shape index (κ1) is 13.4. The lowest BCUT2D eigenvalue weighted by atomic mass is 9.99. The minimum absolute atomic E-state index is 0.150. The fourth-order valence-corrected chi connectivity index (χ4v) is 3.83.